The van der Waals surface area contributed by atoms with Crippen molar-refractivity contribution >= 4 is 29.0 Å². The number of carbonyl (C=O) groups is 1. The largest absolute Gasteiger partial charge is 0.294 e. The molecule has 1 aromatic heterocycles. The van der Waals surface area contributed by atoms with Gasteiger partial charge in [0, 0.05) is 18.3 Å². The Bertz CT molecular complexity index is 605. The Morgan fingerprint density at radius 3 is 2.56 bits per heavy atom. The highest BCUT2D eigenvalue weighted by Crippen LogP contribution is 2.23. The molecule has 0 N–H and O–H groups in total. The maximum atomic E-state index is 12.1. The first kappa shape index (κ1) is 13.1. The van der Waals surface area contributed by atoms with E-state index < -0.39 is 0 Å². The number of rotatable bonds is 3. The van der Waals surface area contributed by atoms with Gasteiger partial charge >= 0.3 is 0 Å². The van der Waals surface area contributed by atoms with Crippen LogP contribution in [0.3, 0.4) is 0 Å². The maximum absolute atomic E-state index is 12.1. The van der Waals surface area contributed by atoms with E-state index in [2.05, 4.69) is 5.10 Å². The minimum absolute atomic E-state index is 0.00318. The highest BCUT2D eigenvalue weighted by molar-refractivity contribution is 6.42. The van der Waals surface area contributed by atoms with E-state index in [9.17, 15) is 4.79 Å². The summed E-state index contributed by atoms with van der Waals surface area (Å²) in [6.07, 6.45) is 0.301. The standard InChI is InChI=1S/C13H12Cl2N2O/c1-8-5-10(17(2)16-8)7-13(18)9-3-4-11(14)12(15)6-9/h3-6H,7H2,1-2H3. The van der Waals surface area contributed by atoms with Gasteiger partial charge < -0.3 is 0 Å². The summed E-state index contributed by atoms with van der Waals surface area (Å²) in [5.41, 5.74) is 2.33. The van der Waals surface area contributed by atoms with Crippen molar-refractivity contribution in [2.75, 3.05) is 0 Å². The summed E-state index contributed by atoms with van der Waals surface area (Å²) in [6, 6.07) is 6.80. The fourth-order valence-electron chi connectivity index (χ4n) is 1.77. The van der Waals surface area contributed by atoms with Crippen molar-refractivity contribution in [3.05, 3.63) is 51.3 Å². The molecule has 1 heterocycles. The van der Waals surface area contributed by atoms with Crippen LogP contribution in [0.15, 0.2) is 24.3 Å². The van der Waals surface area contributed by atoms with E-state index >= 15 is 0 Å². The average Bonchev–Trinajstić information content (AvgIpc) is 2.61. The Balaban J connectivity index is 2.22. The van der Waals surface area contributed by atoms with Gasteiger partial charge in [0.1, 0.15) is 0 Å². The van der Waals surface area contributed by atoms with Gasteiger partial charge in [0.2, 0.25) is 0 Å². The number of aromatic nitrogens is 2. The molecule has 0 fully saturated rings. The Morgan fingerprint density at radius 1 is 1.28 bits per heavy atom. The van der Waals surface area contributed by atoms with Crippen LogP contribution in [-0.2, 0) is 13.5 Å². The molecule has 0 spiro atoms. The summed E-state index contributed by atoms with van der Waals surface area (Å²) in [4.78, 5) is 12.1. The molecule has 0 aliphatic rings. The SMILES string of the molecule is Cc1cc(CC(=O)c2ccc(Cl)c(Cl)c2)n(C)n1. The number of halogens is 2. The van der Waals surface area contributed by atoms with Crippen molar-refractivity contribution in [3.8, 4) is 0 Å². The second-order valence-corrected chi connectivity index (χ2v) is 4.94. The molecular weight excluding hydrogens is 271 g/mol. The Kier molecular flexibility index (Phi) is 3.73. The van der Waals surface area contributed by atoms with Crippen LogP contribution in [0.5, 0.6) is 0 Å². The van der Waals surface area contributed by atoms with Gasteiger partial charge in [-0.3, -0.25) is 9.48 Å². The maximum Gasteiger partial charge on any atom is 0.168 e. The van der Waals surface area contributed by atoms with Crippen LogP contribution in [0.2, 0.25) is 10.0 Å². The second-order valence-electron chi connectivity index (χ2n) is 4.13. The lowest BCUT2D eigenvalue weighted by Crippen LogP contribution is -2.07. The summed E-state index contributed by atoms with van der Waals surface area (Å²) >= 11 is 11.7. The first-order valence-corrected chi connectivity index (χ1v) is 6.20. The van der Waals surface area contributed by atoms with Crippen molar-refractivity contribution in [1.29, 1.82) is 0 Å². The molecular formula is C13H12Cl2N2O. The number of Topliss-reactive ketones (excluding diaryl/α,β-unsaturated/α-hetero) is 1. The van der Waals surface area contributed by atoms with Crippen molar-refractivity contribution in [1.82, 2.24) is 9.78 Å². The van der Waals surface area contributed by atoms with Crippen molar-refractivity contribution in [3.63, 3.8) is 0 Å². The molecule has 0 atom stereocenters. The summed E-state index contributed by atoms with van der Waals surface area (Å²) in [5, 5.41) is 5.05. The molecule has 0 radical (unpaired) electrons. The van der Waals surface area contributed by atoms with Gasteiger partial charge in [0.15, 0.2) is 5.78 Å². The summed E-state index contributed by atoms with van der Waals surface area (Å²) in [6.45, 7) is 1.90. The summed E-state index contributed by atoms with van der Waals surface area (Å²) in [5.74, 6) is -0.00318. The van der Waals surface area contributed by atoms with Gasteiger partial charge in [-0.25, -0.2) is 0 Å². The highest BCUT2D eigenvalue weighted by Gasteiger charge is 2.12. The van der Waals surface area contributed by atoms with E-state index in [-0.39, 0.29) is 5.78 Å². The van der Waals surface area contributed by atoms with Gasteiger partial charge in [-0.15, -0.1) is 0 Å². The van der Waals surface area contributed by atoms with Gasteiger partial charge in [0.25, 0.3) is 0 Å². The second kappa shape index (κ2) is 5.12. The van der Waals surface area contributed by atoms with E-state index in [0.29, 0.717) is 22.0 Å². The fraction of sp³-hybridized carbons (Fsp3) is 0.231. The van der Waals surface area contributed by atoms with Crippen molar-refractivity contribution in [2.45, 2.75) is 13.3 Å². The number of ketones is 1. The first-order valence-electron chi connectivity index (χ1n) is 5.45. The average molecular weight is 283 g/mol. The van der Waals surface area contributed by atoms with Crippen LogP contribution in [0.25, 0.3) is 0 Å². The molecule has 0 aliphatic carbocycles. The molecule has 18 heavy (non-hydrogen) atoms. The Hall–Kier alpha value is -1.32. The van der Waals surface area contributed by atoms with Gasteiger partial charge in [-0.1, -0.05) is 23.2 Å². The third-order valence-corrected chi connectivity index (χ3v) is 3.42. The number of nitrogens with zero attached hydrogens (tertiary/aromatic N) is 2. The molecule has 94 valence electrons. The predicted octanol–water partition coefficient (Wildman–Crippen LogP) is 3.46. The molecule has 0 saturated carbocycles. The molecule has 0 amide bonds. The molecule has 0 saturated heterocycles. The van der Waals surface area contributed by atoms with E-state index in [4.69, 9.17) is 23.2 Å². The quantitative estimate of drug-likeness (QED) is 0.808. The molecule has 1 aromatic carbocycles. The Morgan fingerprint density at radius 2 is 2.00 bits per heavy atom. The zero-order valence-corrected chi connectivity index (χ0v) is 11.6. The number of hydrogen-bond acceptors (Lipinski definition) is 2. The minimum Gasteiger partial charge on any atom is -0.294 e. The molecule has 3 nitrogen and oxygen atoms in total. The van der Waals surface area contributed by atoms with E-state index in [1.807, 2.05) is 20.0 Å². The van der Waals surface area contributed by atoms with Gasteiger partial charge in [0.05, 0.1) is 22.2 Å². The van der Waals surface area contributed by atoms with Crippen LogP contribution in [0.4, 0.5) is 0 Å². The molecule has 0 bridgehead atoms. The predicted molar refractivity (Wildman–Crippen MR) is 72.4 cm³/mol. The Labute approximate surface area is 115 Å². The van der Waals surface area contributed by atoms with Crippen LogP contribution in [0.1, 0.15) is 21.7 Å². The lowest BCUT2D eigenvalue weighted by atomic mass is 10.1. The molecule has 0 aliphatic heterocycles. The number of carbonyl (C=O) groups excluding carboxylic acids is 1. The zero-order valence-electron chi connectivity index (χ0n) is 10.1. The monoisotopic (exact) mass is 282 g/mol. The normalized spacial score (nSPS) is 10.7. The third kappa shape index (κ3) is 2.74. The summed E-state index contributed by atoms with van der Waals surface area (Å²) < 4.78 is 1.71. The van der Waals surface area contributed by atoms with E-state index in [1.54, 1.807) is 22.9 Å². The molecule has 2 rings (SSSR count). The van der Waals surface area contributed by atoms with E-state index in [1.165, 1.54) is 0 Å². The first-order chi connectivity index (χ1) is 8.47. The van der Waals surface area contributed by atoms with Crippen LogP contribution >= 0.6 is 23.2 Å². The lowest BCUT2D eigenvalue weighted by molar-refractivity contribution is 0.0991. The fourth-order valence-corrected chi connectivity index (χ4v) is 2.06. The van der Waals surface area contributed by atoms with Gasteiger partial charge in [-0.05, 0) is 31.2 Å². The van der Waals surface area contributed by atoms with Crippen LogP contribution in [0, 0.1) is 6.92 Å². The van der Waals surface area contributed by atoms with Crippen LogP contribution in [-0.4, -0.2) is 15.6 Å². The van der Waals surface area contributed by atoms with E-state index in [0.717, 1.165) is 11.4 Å². The number of hydrogen-bond donors (Lipinski definition) is 0. The van der Waals surface area contributed by atoms with Crippen molar-refractivity contribution in [2.24, 2.45) is 7.05 Å². The summed E-state index contributed by atoms with van der Waals surface area (Å²) in [7, 11) is 1.82. The van der Waals surface area contributed by atoms with Crippen molar-refractivity contribution < 1.29 is 4.79 Å². The molecule has 0 unspecified atom stereocenters. The minimum atomic E-state index is -0.00318. The van der Waals surface area contributed by atoms with Gasteiger partial charge in [-0.2, -0.15) is 5.10 Å². The number of aryl methyl sites for hydroxylation is 2. The number of benzene rings is 1. The highest BCUT2D eigenvalue weighted by atomic mass is 35.5. The lowest BCUT2D eigenvalue weighted by Gasteiger charge is -2.03. The third-order valence-electron chi connectivity index (χ3n) is 2.68. The smallest absolute Gasteiger partial charge is 0.168 e. The topological polar surface area (TPSA) is 34.9 Å². The molecule has 2 aromatic rings. The van der Waals surface area contributed by atoms with Crippen LogP contribution < -0.4 is 0 Å². The zero-order chi connectivity index (χ0) is 13.3. The molecule has 5 heteroatoms.